The third-order valence-corrected chi connectivity index (χ3v) is 3.54. The van der Waals surface area contributed by atoms with Crippen molar-refractivity contribution >= 4 is 0 Å². The number of hydrogen-bond donors (Lipinski definition) is 1. The van der Waals surface area contributed by atoms with Gasteiger partial charge in [-0.3, -0.25) is 0 Å². The van der Waals surface area contributed by atoms with Crippen molar-refractivity contribution in [1.82, 2.24) is 4.90 Å². The van der Waals surface area contributed by atoms with Crippen molar-refractivity contribution in [3.05, 3.63) is 35.4 Å². The van der Waals surface area contributed by atoms with Crippen molar-refractivity contribution in [2.45, 2.75) is 38.1 Å². The Morgan fingerprint density at radius 1 is 1.17 bits per heavy atom. The Labute approximate surface area is 109 Å². The summed E-state index contributed by atoms with van der Waals surface area (Å²) in [7, 11) is 4.08. The minimum Gasteiger partial charge on any atom is -0.362 e. The molecule has 0 amide bonds. The van der Waals surface area contributed by atoms with Crippen molar-refractivity contribution in [2.75, 3.05) is 20.6 Å². The number of fused-ring (bicyclic) bond motifs is 1. The number of hydrogen-bond acceptors (Lipinski definition) is 3. The second-order valence-electron chi connectivity index (χ2n) is 5.85. The summed E-state index contributed by atoms with van der Waals surface area (Å²) in [6.45, 7) is 4.97. The smallest absolute Gasteiger partial charge is 0.193 e. The zero-order valence-corrected chi connectivity index (χ0v) is 11.7. The predicted octanol–water partition coefficient (Wildman–Crippen LogP) is 2.44. The minimum absolute atomic E-state index is 0.413. The highest BCUT2D eigenvalue weighted by Gasteiger charge is 2.47. The first-order chi connectivity index (χ1) is 8.35. The molecule has 1 aromatic carbocycles. The van der Waals surface area contributed by atoms with Gasteiger partial charge in [0.15, 0.2) is 5.79 Å². The van der Waals surface area contributed by atoms with E-state index in [1.165, 1.54) is 0 Å². The zero-order chi connectivity index (χ0) is 13.4. The van der Waals surface area contributed by atoms with Gasteiger partial charge < -0.3 is 14.7 Å². The summed E-state index contributed by atoms with van der Waals surface area (Å²) in [4.78, 5) is 2.12. The summed E-state index contributed by atoms with van der Waals surface area (Å²) in [5.74, 6) is -1.13. The maximum absolute atomic E-state index is 10.8. The molecule has 2 rings (SSSR count). The van der Waals surface area contributed by atoms with Crippen LogP contribution >= 0.6 is 0 Å². The van der Waals surface area contributed by atoms with Crippen LogP contribution in [-0.2, 0) is 16.1 Å². The molecule has 0 aliphatic carbocycles. The van der Waals surface area contributed by atoms with E-state index in [1.54, 1.807) is 0 Å². The van der Waals surface area contributed by atoms with Crippen LogP contribution in [-0.4, -0.2) is 30.6 Å². The third-order valence-electron chi connectivity index (χ3n) is 3.54. The van der Waals surface area contributed by atoms with Crippen LogP contribution in [0, 0.1) is 0 Å². The summed E-state index contributed by atoms with van der Waals surface area (Å²) < 4.78 is 5.93. The van der Waals surface area contributed by atoms with Gasteiger partial charge in [-0.1, -0.05) is 24.3 Å². The van der Waals surface area contributed by atoms with Gasteiger partial charge in [0.25, 0.3) is 0 Å². The van der Waals surface area contributed by atoms with Crippen molar-refractivity contribution in [1.29, 1.82) is 0 Å². The fraction of sp³-hybridized carbons (Fsp3) is 0.600. The van der Waals surface area contributed by atoms with E-state index in [0.717, 1.165) is 24.1 Å². The van der Waals surface area contributed by atoms with Gasteiger partial charge in [-0.05, 0) is 46.5 Å². The highest BCUT2D eigenvalue weighted by atomic mass is 16.6. The molecule has 1 atom stereocenters. The van der Waals surface area contributed by atoms with Gasteiger partial charge in [-0.2, -0.15) is 0 Å². The lowest BCUT2D eigenvalue weighted by molar-refractivity contribution is -0.254. The van der Waals surface area contributed by atoms with Gasteiger partial charge in [-0.25, -0.2) is 0 Å². The normalized spacial score (nSPS) is 25.4. The maximum atomic E-state index is 10.8. The number of aliphatic hydroxyl groups is 1. The van der Waals surface area contributed by atoms with Crippen LogP contribution in [0.15, 0.2) is 24.3 Å². The van der Waals surface area contributed by atoms with Crippen molar-refractivity contribution in [2.24, 2.45) is 0 Å². The van der Waals surface area contributed by atoms with Crippen LogP contribution < -0.4 is 0 Å². The van der Waals surface area contributed by atoms with Crippen LogP contribution in [0.5, 0.6) is 0 Å². The molecule has 3 heteroatoms. The molecule has 0 fully saturated rings. The van der Waals surface area contributed by atoms with E-state index in [-0.39, 0.29) is 0 Å². The molecule has 1 aliphatic rings. The Bertz CT molecular complexity index is 428. The Morgan fingerprint density at radius 3 is 2.39 bits per heavy atom. The van der Waals surface area contributed by atoms with Crippen LogP contribution in [0.2, 0.25) is 0 Å². The average Bonchev–Trinajstić information content (AvgIpc) is 2.47. The summed E-state index contributed by atoms with van der Waals surface area (Å²) in [6.07, 6.45) is 1.54. The van der Waals surface area contributed by atoms with Crippen molar-refractivity contribution < 1.29 is 9.84 Å². The molecular weight excluding hydrogens is 226 g/mol. The second kappa shape index (κ2) is 4.65. The van der Waals surface area contributed by atoms with E-state index >= 15 is 0 Å². The van der Waals surface area contributed by atoms with E-state index in [1.807, 2.05) is 52.2 Å². The van der Waals surface area contributed by atoms with Gasteiger partial charge in [0.2, 0.25) is 0 Å². The minimum atomic E-state index is -1.13. The summed E-state index contributed by atoms with van der Waals surface area (Å²) >= 11 is 0. The van der Waals surface area contributed by atoms with Crippen molar-refractivity contribution in [3.8, 4) is 0 Å². The summed E-state index contributed by atoms with van der Waals surface area (Å²) in [5.41, 5.74) is 1.61. The Balaban J connectivity index is 2.20. The average molecular weight is 249 g/mol. The molecule has 0 radical (unpaired) electrons. The van der Waals surface area contributed by atoms with Crippen molar-refractivity contribution in [3.63, 3.8) is 0 Å². The quantitative estimate of drug-likeness (QED) is 0.889. The fourth-order valence-corrected chi connectivity index (χ4v) is 2.70. The van der Waals surface area contributed by atoms with Gasteiger partial charge >= 0.3 is 0 Å². The molecule has 0 aromatic heterocycles. The van der Waals surface area contributed by atoms with E-state index in [9.17, 15) is 5.11 Å². The Kier molecular flexibility index (Phi) is 3.49. The zero-order valence-electron chi connectivity index (χ0n) is 11.7. The van der Waals surface area contributed by atoms with E-state index in [0.29, 0.717) is 6.42 Å². The molecule has 0 bridgehead atoms. The number of benzene rings is 1. The molecule has 1 heterocycles. The van der Waals surface area contributed by atoms with Gasteiger partial charge in [0, 0.05) is 12.0 Å². The number of nitrogens with zero attached hydrogens (tertiary/aromatic N) is 1. The molecule has 0 saturated heterocycles. The van der Waals surface area contributed by atoms with Crippen LogP contribution in [0.3, 0.4) is 0 Å². The molecule has 100 valence electrons. The van der Waals surface area contributed by atoms with Gasteiger partial charge in [-0.15, -0.1) is 0 Å². The van der Waals surface area contributed by atoms with Gasteiger partial charge in [0.05, 0.1) is 5.60 Å². The molecule has 18 heavy (non-hydrogen) atoms. The summed E-state index contributed by atoms with van der Waals surface area (Å²) in [5, 5.41) is 10.8. The van der Waals surface area contributed by atoms with Crippen LogP contribution in [0.4, 0.5) is 0 Å². The monoisotopic (exact) mass is 249 g/mol. The molecule has 0 spiro atoms. The lowest BCUT2D eigenvalue weighted by Gasteiger charge is -2.27. The molecule has 0 saturated carbocycles. The molecule has 1 aliphatic heterocycles. The lowest BCUT2D eigenvalue weighted by atomic mass is 9.92. The first kappa shape index (κ1) is 13.5. The molecule has 1 N–H and O–H groups in total. The Hall–Kier alpha value is -0.900. The molecular formula is C15H23NO2. The number of ether oxygens (including phenoxy) is 1. The second-order valence-corrected chi connectivity index (χ2v) is 5.85. The van der Waals surface area contributed by atoms with Gasteiger partial charge in [0.1, 0.15) is 0 Å². The third kappa shape index (κ3) is 2.44. The van der Waals surface area contributed by atoms with E-state index in [2.05, 4.69) is 4.90 Å². The van der Waals surface area contributed by atoms with Crippen LogP contribution in [0.1, 0.15) is 37.8 Å². The first-order valence-corrected chi connectivity index (χ1v) is 6.52. The standard InChI is InChI=1S/C15H23NO2/c1-14(2)12-8-5-6-9-13(12)15(17,18-14)10-7-11-16(3)4/h5-6,8-9,17H,7,10-11H2,1-4H3. The van der Waals surface area contributed by atoms with E-state index < -0.39 is 11.4 Å². The largest absolute Gasteiger partial charge is 0.362 e. The highest BCUT2D eigenvalue weighted by Crippen LogP contribution is 2.47. The lowest BCUT2D eigenvalue weighted by Crippen LogP contribution is -2.30. The first-order valence-electron chi connectivity index (χ1n) is 6.52. The fourth-order valence-electron chi connectivity index (χ4n) is 2.70. The summed E-state index contributed by atoms with van der Waals surface area (Å²) in [6, 6.07) is 7.97. The molecule has 1 unspecified atom stereocenters. The highest BCUT2D eigenvalue weighted by molar-refractivity contribution is 5.38. The molecule has 3 nitrogen and oxygen atoms in total. The Morgan fingerprint density at radius 2 is 1.78 bits per heavy atom. The maximum Gasteiger partial charge on any atom is 0.193 e. The van der Waals surface area contributed by atoms with Crippen LogP contribution in [0.25, 0.3) is 0 Å². The van der Waals surface area contributed by atoms with E-state index in [4.69, 9.17) is 4.74 Å². The molecule has 1 aromatic rings. The topological polar surface area (TPSA) is 32.7 Å². The predicted molar refractivity (Wildman–Crippen MR) is 72.2 cm³/mol. The SMILES string of the molecule is CN(C)CCCC1(O)OC(C)(C)c2ccccc21. The number of rotatable bonds is 4.